The van der Waals surface area contributed by atoms with E-state index in [9.17, 15) is 4.79 Å². The molecule has 1 atom stereocenters. The highest BCUT2D eigenvalue weighted by Crippen LogP contribution is 2.40. The topological polar surface area (TPSA) is 38.3 Å². The van der Waals surface area contributed by atoms with Gasteiger partial charge in [0.15, 0.2) is 0 Å². The minimum absolute atomic E-state index is 0.131. The van der Waals surface area contributed by atoms with Crippen LogP contribution in [0, 0.1) is 0 Å². The lowest BCUT2D eigenvalue weighted by Gasteiger charge is -2.14. The summed E-state index contributed by atoms with van der Waals surface area (Å²) < 4.78 is 6.38. The van der Waals surface area contributed by atoms with Crippen molar-refractivity contribution in [3.05, 3.63) is 27.7 Å². The van der Waals surface area contributed by atoms with Gasteiger partial charge in [0, 0.05) is 13.0 Å². The summed E-state index contributed by atoms with van der Waals surface area (Å²) in [7, 11) is 1.69. The fourth-order valence-corrected chi connectivity index (χ4v) is 3.21. The minimum Gasteiger partial charge on any atom is -0.496 e. The normalized spacial score (nSPS) is 17.1. The zero-order valence-corrected chi connectivity index (χ0v) is 13.0. The lowest BCUT2D eigenvalue weighted by atomic mass is 9.97. The van der Waals surface area contributed by atoms with E-state index in [1.54, 1.807) is 7.11 Å². The Hall–Kier alpha value is -1.03. The molecule has 0 unspecified atom stereocenters. The highest BCUT2D eigenvalue weighted by atomic mass is 79.9. The summed E-state index contributed by atoms with van der Waals surface area (Å²) >= 11 is 3.53. The maximum Gasteiger partial charge on any atom is 0.219 e. The van der Waals surface area contributed by atoms with Gasteiger partial charge in [-0.1, -0.05) is 6.92 Å². The Morgan fingerprint density at radius 2 is 2.32 bits per heavy atom. The van der Waals surface area contributed by atoms with Crippen LogP contribution in [0.2, 0.25) is 0 Å². The SMILES string of the molecule is CCC(=O)NCC[C@@H]1CCc2cc(Br)c(OC)cc21. The van der Waals surface area contributed by atoms with Crippen LogP contribution in [0.15, 0.2) is 16.6 Å². The molecule has 0 saturated carbocycles. The summed E-state index contributed by atoms with van der Waals surface area (Å²) in [4.78, 5) is 11.2. The van der Waals surface area contributed by atoms with Gasteiger partial charge in [0.25, 0.3) is 0 Å². The molecule has 0 bridgehead atoms. The van der Waals surface area contributed by atoms with E-state index >= 15 is 0 Å². The molecule has 104 valence electrons. The second-order valence-corrected chi connectivity index (χ2v) is 5.77. The van der Waals surface area contributed by atoms with E-state index in [2.05, 4.69) is 33.4 Å². The molecule has 1 amide bonds. The first-order chi connectivity index (χ1) is 9.15. The number of aryl methyl sites for hydroxylation is 1. The summed E-state index contributed by atoms with van der Waals surface area (Å²) in [6.07, 6.45) is 3.84. The molecule has 1 aliphatic rings. The summed E-state index contributed by atoms with van der Waals surface area (Å²) in [6.45, 7) is 2.64. The van der Waals surface area contributed by atoms with Crippen LogP contribution in [-0.4, -0.2) is 19.6 Å². The van der Waals surface area contributed by atoms with Crippen molar-refractivity contribution >= 4 is 21.8 Å². The summed E-state index contributed by atoms with van der Waals surface area (Å²) in [6, 6.07) is 4.30. The molecule has 0 heterocycles. The smallest absolute Gasteiger partial charge is 0.219 e. The average molecular weight is 326 g/mol. The fraction of sp³-hybridized carbons (Fsp3) is 0.533. The number of hydrogen-bond donors (Lipinski definition) is 1. The van der Waals surface area contributed by atoms with Crippen molar-refractivity contribution in [2.24, 2.45) is 0 Å². The zero-order valence-electron chi connectivity index (χ0n) is 11.5. The van der Waals surface area contributed by atoms with Gasteiger partial charge in [-0.25, -0.2) is 0 Å². The number of halogens is 1. The monoisotopic (exact) mass is 325 g/mol. The molecule has 19 heavy (non-hydrogen) atoms. The lowest BCUT2D eigenvalue weighted by Crippen LogP contribution is -2.24. The van der Waals surface area contributed by atoms with E-state index in [0.717, 1.165) is 36.0 Å². The van der Waals surface area contributed by atoms with Crippen LogP contribution < -0.4 is 10.1 Å². The van der Waals surface area contributed by atoms with Crippen LogP contribution in [0.25, 0.3) is 0 Å². The molecule has 3 nitrogen and oxygen atoms in total. The highest BCUT2D eigenvalue weighted by Gasteiger charge is 2.24. The van der Waals surface area contributed by atoms with Crippen molar-refractivity contribution < 1.29 is 9.53 Å². The van der Waals surface area contributed by atoms with Gasteiger partial charge in [-0.3, -0.25) is 4.79 Å². The molecule has 0 aromatic heterocycles. The zero-order chi connectivity index (χ0) is 13.8. The third-order valence-corrected chi connectivity index (χ3v) is 4.37. The fourth-order valence-electron chi connectivity index (χ4n) is 2.66. The van der Waals surface area contributed by atoms with Crippen molar-refractivity contribution in [1.29, 1.82) is 0 Å². The van der Waals surface area contributed by atoms with E-state index in [4.69, 9.17) is 4.74 Å². The molecule has 0 radical (unpaired) electrons. The van der Waals surface area contributed by atoms with E-state index in [1.807, 2.05) is 6.92 Å². The summed E-state index contributed by atoms with van der Waals surface area (Å²) in [5.41, 5.74) is 2.78. The van der Waals surface area contributed by atoms with Crippen LogP contribution in [-0.2, 0) is 11.2 Å². The number of benzene rings is 1. The van der Waals surface area contributed by atoms with Crippen LogP contribution in [0.4, 0.5) is 0 Å². The van der Waals surface area contributed by atoms with Gasteiger partial charge in [-0.15, -0.1) is 0 Å². The number of amides is 1. The van der Waals surface area contributed by atoms with Gasteiger partial charge in [-0.2, -0.15) is 0 Å². The van der Waals surface area contributed by atoms with Gasteiger partial charge >= 0.3 is 0 Å². The Bertz CT molecular complexity index is 473. The van der Waals surface area contributed by atoms with E-state index in [1.165, 1.54) is 11.1 Å². The number of fused-ring (bicyclic) bond motifs is 1. The Morgan fingerprint density at radius 3 is 3.00 bits per heavy atom. The Kier molecular flexibility index (Phi) is 4.86. The Balaban J connectivity index is 2.02. The van der Waals surface area contributed by atoms with Crippen molar-refractivity contribution in [3.63, 3.8) is 0 Å². The van der Waals surface area contributed by atoms with Gasteiger partial charge in [0.05, 0.1) is 11.6 Å². The third-order valence-electron chi connectivity index (χ3n) is 3.75. The molecule has 1 aromatic rings. The number of methoxy groups -OCH3 is 1. The van der Waals surface area contributed by atoms with Crippen molar-refractivity contribution in [1.82, 2.24) is 5.32 Å². The van der Waals surface area contributed by atoms with Crippen LogP contribution in [0.5, 0.6) is 5.75 Å². The first kappa shape index (κ1) is 14.4. The molecule has 1 aliphatic carbocycles. The van der Waals surface area contributed by atoms with E-state index < -0.39 is 0 Å². The van der Waals surface area contributed by atoms with Crippen LogP contribution in [0.3, 0.4) is 0 Å². The number of carbonyl (C=O) groups is 1. The van der Waals surface area contributed by atoms with Crippen LogP contribution in [0.1, 0.15) is 43.2 Å². The number of carbonyl (C=O) groups excluding carboxylic acids is 1. The lowest BCUT2D eigenvalue weighted by molar-refractivity contribution is -0.120. The molecular weight excluding hydrogens is 306 g/mol. The Morgan fingerprint density at radius 1 is 1.53 bits per heavy atom. The minimum atomic E-state index is 0.131. The van der Waals surface area contributed by atoms with Gasteiger partial charge in [-0.05, 0) is 64.4 Å². The molecule has 0 aliphatic heterocycles. The molecule has 4 heteroatoms. The molecular formula is C15H20BrNO2. The second-order valence-electron chi connectivity index (χ2n) is 4.91. The maximum absolute atomic E-state index is 11.2. The predicted octanol–water partition coefficient (Wildman–Crippen LogP) is 3.40. The van der Waals surface area contributed by atoms with Crippen molar-refractivity contribution in [2.75, 3.05) is 13.7 Å². The van der Waals surface area contributed by atoms with Gasteiger partial charge in [0.1, 0.15) is 5.75 Å². The molecule has 0 spiro atoms. The van der Waals surface area contributed by atoms with E-state index in [0.29, 0.717) is 12.3 Å². The molecule has 0 saturated heterocycles. The summed E-state index contributed by atoms with van der Waals surface area (Å²) in [5, 5.41) is 2.95. The quantitative estimate of drug-likeness (QED) is 0.901. The standard InChI is InChI=1S/C15H20BrNO2/c1-3-15(18)17-7-6-10-4-5-11-8-13(16)14(19-2)9-12(10)11/h8-10H,3-7H2,1-2H3,(H,17,18)/t10-/m0/s1. The number of ether oxygens (including phenoxy) is 1. The molecule has 1 N–H and O–H groups in total. The maximum atomic E-state index is 11.2. The number of nitrogens with one attached hydrogen (secondary N) is 1. The van der Waals surface area contributed by atoms with Crippen LogP contribution >= 0.6 is 15.9 Å². The largest absolute Gasteiger partial charge is 0.496 e. The van der Waals surface area contributed by atoms with Crippen molar-refractivity contribution in [2.45, 2.75) is 38.5 Å². The third kappa shape index (κ3) is 3.30. The van der Waals surface area contributed by atoms with Gasteiger partial charge in [0.2, 0.25) is 5.91 Å². The average Bonchev–Trinajstić information content (AvgIpc) is 2.79. The Labute approximate surface area is 122 Å². The first-order valence-corrected chi connectivity index (χ1v) is 7.58. The molecule has 2 rings (SSSR count). The second kappa shape index (κ2) is 6.42. The molecule has 0 fully saturated rings. The predicted molar refractivity (Wildman–Crippen MR) is 79.7 cm³/mol. The summed E-state index contributed by atoms with van der Waals surface area (Å²) in [5.74, 6) is 1.56. The van der Waals surface area contributed by atoms with Crippen molar-refractivity contribution in [3.8, 4) is 5.75 Å². The molecule has 1 aromatic carbocycles. The number of rotatable bonds is 5. The number of hydrogen-bond acceptors (Lipinski definition) is 2. The highest BCUT2D eigenvalue weighted by molar-refractivity contribution is 9.10. The van der Waals surface area contributed by atoms with E-state index in [-0.39, 0.29) is 5.91 Å². The first-order valence-electron chi connectivity index (χ1n) is 6.78. The van der Waals surface area contributed by atoms with Gasteiger partial charge < -0.3 is 10.1 Å².